The normalized spacial score (nSPS) is 11.0. The van der Waals surface area contributed by atoms with Crippen LogP contribution in [0.15, 0.2) is 5.57 Å². The summed E-state index contributed by atoms with van der Waals surface area (Å²) in [5.41, 5.74) is -1.41. The first kappa shape index (κ1) is 22.4. The smallest absolute Gasteiger partial charge is 0.455 e. The molecule has 7 heteroatoms. The van der Waals surface area contributed by atoms with Crippen molar-refractivity contribution in [3.05, 3.63) is 5.57 Å². The van der Waals surface area contributed by atoms with Crippen LogP contribution < -0.4 is 0 Å². The molecule has 1 N–H and O–H groups in total. The van der Waals surface area contributed by atoms with E-state index in [1.807, 2.05) is 0 Å². The van der Waals surface area contributed by atoms with Gasteiger partial charge >= 0.3 is 12.1 Å². The van der Waals surface area contributed by atoms with Crippen LogP contribution >= 0.6 is 0 Å². The number of ketones is 1. The Labute approximate surface area is 141 Å². The van der Waals surface area contributed by atoms with Crippen LogP contribution in [0.25, 0.3) is 0 Å². The lowest BCUT2D eigenvalue weighted by molar-refractivity contribution is -0.168. The molecule has 0 aromatic heterocycles. The number of rotatable bonds is 13. The molecule has 0 spiro atoms. The Kier molecular flexibility index (Phi) is 11.9. The zero-order valence-corrected chi connectivity index (χ0v) is 14.1. The lowest BCUT2D eigenvalue weighted by Crippen LogP contribution is -2.29. The zero-order valence-electron chi connectivity index (χ0n) is 14.1. The van der Waals surface area contributed by atoms with Crippen molar-refractivity contribution in [2.75, 3.05) is 6.61 Å². The zero-order chi connectivity index (χ0) is 18.4. The Morgan fingerprint density at radius 1 is 0.917 bits per heavy atom. The van der Waals surface area contributed by atoms with Crippen LogP contribution in [0.5, 0.6) is 0 Å². The average molecular weight is 349 g/mol. The topological polar surface area (TPSA) is 67.2 Å². The van der Waals surface area contributed by atoms with E-state index in [2.05, 4.69) is 11.7 Å². The summed E-state index contributed by atoms with van der Waals surface area (Å²) in [6, 6.07) is 0. The highest BCUT2D eigenvalue weighted by atomic mass is 19.4. The van der Waals surface area contributed by atoms with Crippen LogP contribution in [0, 0.1) is 5.41 Å². The highest BCUT2D eigenvalue weighted by Crippen LogP contribution is 2.20. The van der Waals surface area contributed by atoms with Gasteiger partial charge in [0.05, 0.1) is 6.61 Å². The van der Waals surface area contributed by atoms with Gasteiger partial charge in [-0.3, -0.25) is 10.2 Å². The number of Topliss-reactive ketones (excluding diaryl/α,β-unsaturated/α-hetero) is 1. The highest BCUT2D eigenvalue weighted by molar-refractivity contribution is 6.25. The van der Waals surface area contributed by atoms with Gasteiger partial charge in [-0.15, -0.1) is 0 Å². The molecule has 24 heavy (non-hydrogen) atoms. The number of nitrogens with one attached hydrogen (secondary N) is 1. The van der Waals surface area contributed by atoms with Crippen LogP contribution in [-0.4, -0.2) is 30.4 Å². The Morgan fingerprint density at radius 2 is 1.38 bits per heavy atom. The maximum absolute atomic E-state index is 12.2. The molecule has 0 saturated carbocycles. The van der Waals surface area contributed by atoms with Gasteiger partial charge < -0.3 is 4.74 Å². The van der Waals surface area contributed by atoms with Crippen molar-refractivity contribution >= 4 is 17.6 Å². The summed E-state index contributed by atoms with van der Waals surface area (Å²) in [6.07, 6.45) is 5.55. The summed E-state index contributed by atoms with van der Waals surface area (Å²) in [5.74, 6) is -2.62. The van der Waals surface area contributed by atoms with Crippen LogP contribution in [0.1, 0.15) is 71.1 Å². The van der Waals surface area contributed by atoms with Gasteiger partial charge in [-0.05, 0) is 12.3 Å². The van der Waals surface area contributed by atoms with Crippen molar-refractivity contribution in [3.8, 4) is 0 Å². The van der Waals surface area contributed by atoms with Gasteiger partial charge in [-0.1, -0.05) is 64.7 Å². The van der Waals surface area contributed by atoms with Gasteiger partial charge in [0.2, 0.25) is 0 Å². The molecule has 0 aliphatic carbocycles. The van der Waals surface area contributed by atoms with Crippen molar-refractivity contribution < 1.29 is 27.5 Å². The minimum Gasteiger partial charge on any atom is -0.462 e. The van der Waals surface area contributed by atoms with Gasteiger partial charge in [0, 0.05) is 0 Å². The number of esters is 1. The molecule has 0 amide bonds. The summed E-state index contributed by atoms with van der Waals surface area (Å²) >= 11 is 0. The molecule has 0 atom stereocenters. The minimum absolute atomic E-state index is 0.0638. The standard InChI is InChI=1S/C17H26F3NO3/c1-2-3-4-5-6-7-8-9-10-11-12-24-16(23)14(13-21)15(22)17(18,19)20/h21H,2-12H2,1H3. The van der Waals surface area contributed by atoms with Crippen molar-refractivity contribution in [2.45, 2.75) is 77.3 Å². The Hall–Kier alpha value is -1.62. The molecule has 0 aromatic rings. The number of ether oxygens (including phenoxy) is 1. The van der Waals surface area contributed by atoms with Crippen molar-refractivity contribution in [1.82, 2.24) is 0 Å². The number of alkyl halides is 3. The number of carbonyl (C=O) groups excluding carboxylic acids is 2. The maximum Gasteiger partial charge on any atom is 0.455 e. The Morgan fingerprint density at radius 3 is 1.79 bits per heavy atom. The molecule has 0 saturated heterocycles. The first-order chi connectivity index (χ1) is 11.3. The fourth-order valence-electron chi connectivity index (χ4n) is 2.17. The number of hydrogen-bond acceptors (Lipinski definition) is 4. The van der Waals surface area contributed by atoms with Gasteiger partial charge in [0.15, 0.2) is 5.57 Å². The van der Waals surface area contributed by atoms with Gasteiger partial charge in [0.25, 0.3) is 5.78 Å². The highest BCUT2D eigenvalue weighted by Gasteiger charge is 2.44. The number of carbonyl (C=O) groups is 2. The minimum atomic E-state index is -5.21. The first-order valence-corrected chi connectivity index (χ1v) is 8.43. The quantitative estimate of drug-likeness (QED) is 0.130. The fourth-order valence-corrected chi connectivity index (χ4v) is 2.17. The molecule has 0 aromatic carbocycles. The molecule has 0 bridgehead atoms. The first-order valence-electron chi connectivity index (χ1n) is 8.43. The van der Waals surface area contributed by atoms with E-state index in [-0.39, 0.29) is 6.61 Å². The maximum atomic E-state index is 12.2. The average Bonchev–Trinajstić information content (AvgIpc) is 2.52. The summed E-state index contributed by atoms with van der Waals surface area (Å²) in [6.45, 7) is 2.11. The molecule has 0 rings (SSSR count). The van der Waals surface area contributed by atoms with E-state index in [0.29, 0.717) is 6.42 Å². The van der Waals surface area contributed by atoms with Crippen LogP contribution in [0.2, 0.25) is 0 Å². The van der Waals surface area contributed by atoms with Gasteiger partial charge in [0.1, 0.15) is 0 Å². The summed E-state index contributed by atoms with van der Waals surface area (Å²) in [7, 11) is 0. The fraction of sp³-hybridized carbons (Fsp3) is 0.765. The summed E-state index contributed by atoms with van der Waals surface area (Å²) in [5, 5.41) is 6.64. The summed E-state index contributed by atoms with van der Waals surface area (Å²) < 4.78 is 41.2. The molecular formula is C17H26F3NO3. The lowest BCUT2D eigenvalue weighted by atomic mass is 10.1. The van der Waals surface area contributed by atoms with Crippen molar-refractivity contribution in [3.63, 3.8) is 0 Å². The Bertz CT molecular complexity index is 441. The van der Waals surface area contributed by atoms with E-state index >= 15 is 0 Å². The second kappa shape index (κ2) is 12.8. The van der Waals surface area contributed by atoms with E-state index in [1.54, 1.807) is 0 Å². The molecular weight excluding hydrogens is 323 g/mol. The molecule has 0 heterocycles. The van der Waals surface area contributed by atoms with Crippen LogP contribution in [0.4, 0.5) is 13.2 Å². The van der Waals surface area contributed by atoms with Crippen LogP contribution in [-0.2, 0) is 14.3 Å². The number of hydrogen-bond donors (Lipinski definition) is 1. The molecule has 0 fully saturated rings. The largest absolute Gasteiger partial charge is 0.462 e. The SMILES string of the molecule is CCCCCCCCCCCCOC(=O)C(=C=N)C(=O)C(F)(F)F. The third-order valence-corrected chi connectivity index (χ3v) is 3.54. The number of halogens is 3. The second-order valence-electron chi connectivity index (χ2n) is 5.64. The predicted octanol–water partition coefficient (Wildman–Crippen LogP) is 4.76. The molecule has 0 aliphatic heterocycles. The summed E-state index contributed by atoms with van der Waals surface area (Å²) in [4.78, 5) is 22.3. The molecule has 0 unspecified atom stereocenters. The van der Waals surface area contributed by atoms with Crippen molar-refractivity contribution in [1.29, 1.82) is 5.41 Å². The Balaban J connectivity index is 3.76. The van der Waals surface area contributed by atoms with Gasteiger partial charge in [-0.25, -0.2) is 4.79 Å². The molecule has 0 radical (unpaired) electrons. The molecule has 138 valence electrons. The lowest BCUT2D eigenvalue weighted by Gasteiger charge is -2.07. The van der Waals surface area contributed by atoms with E-state index in [4.69, 9.17) is 5.41 Å². The van der Waals surface area contributed by atoms with E-state index in [1.165, 1.54) is 38.0 Å². The molecule has 4 nitrogen and oxygen atoms in total. The van der Waals surface area contributed by atoms with Crippen molar-refractivity contribution in [2.24, 2.45) is 0 Å². The third kappa shape index (κ3) is 10.2. The van der Waals surface area contributed by atoms with Crippen LogP contribution in [0.3, 0.4) is 0 Å². The van der Waals surface area contributed by atoms with Gasteiger partial charge in [-0.2, -0.15) is 13.2 Å². The second-order valence-corrected chi connectivity index (χ2v) is 5.64. The monoisotopic (exact) mass is 349 g/mol. The predicted molar refractivity (Wildman–Crippen MR) is 85.1 cm³/mol. The number of unbranched alkanes of at least 4 members (excludes halogenated alkanes) is 9. The van der Waals surface area contributed by atoms with E-state index in [0.717, 1.165) is 25.7 Å². The van der Waals surface area contributed by atoms with E-state index < -0.39 is 23.5 Å². The molecule has 0 aliphatic rings. The van der Waals surface area contributed by atoms with E-state index in [9.17, 15) is 22.8 Å². The third-order valence-electron chi connectivity index (χ3n) is 3.54.